The average Bonchev–Trinajstić information content (AvgIpc) is 2.31. The number of rotatable bonds is 1. The summed E-state index contributed by atoms with van der Waals surface area (Å²) in [6, 6.07) is 2.74. The van der Waals surface area contributed by atoms with E-state index in [0.29, 0.717) is 16.9 Å². The molecule has 2 nitrogen and oxygen atoms in total. The van der Waals surface area contributed by atoms with Gasteiger partial charge in [0.05, 0.1) is 6.07 Å². The second-order valence-corrected chi connectivity index (χ2v) is 6.33. The number of fused-ring (bicyclic) bond motifs is 2. The van der Waals surface area contributed by atoms with E-state index in [4.69, 9.17) is 5.26 Å². The van der Waals surface area contributed by atoms with E-state index in [1.807, 2.05) is 6.20 Å². The van der Waals surface area contributed by atoms with Crippen LogP contribution in [0.3, 0.4) is 0 Å². The predicted octanol–water partition coefficient (Wildman–Crippen LogP) is 2.92. The molecular weight excluding hydrogens is 184 g/mol. The summed E-state index contributed by atoms with van der Waals surface area (Å²) in [6.45, 7) is 8.25. The fourth-order valence-electron chi connectivity index (χ4n) is 3.81. The molecule has 2 heteroatoms. The zero-order chi connectivity index (χ0) is 11.1. The van der Waals surface area contributed by atoms with Gasteiger partial charge in [0.2, 0.25) is 0 Å². The number of allylic oxidation sites excluding steroid dienone is 1. The SMILES string of the molecule is CC1(C)C[C@@H]2C[C@](C)(CN2/C=C/C#N)C1. The first-order chi connectivity index (χ1) is 6.94. The van der Waals surface area contributed by atoms with E-state index in [1.165, 1.54) is 19.3 Å². The van der Waals surface area contributed by atoms with Gasteiger partial charge in [0.25, 0.3) is 0 Å². The number of nitriles is 1. The molecule has 1 saturated carbocycles. The molecule has 82 valence electrons. The van der Waals surface area contributed by atoms with Gasteiger partial charge in [-0.2, -0.15) is 5.26 Å². The van der Waals surface area contributed by atoms with Crippen LogP contribution >= 0.6 is 0 Å². The Hall–Kier alpha value is -0.970. The van der Waals surface area contributed by atoms with Crippen LogP contribution in [0.15, 0.2) is 12.3 Å². The highest BCUT2D eigenvalue weighted by molar-refractivity contribution is 5.09. The highest BCUT2D eigenvalue weighted by Gasteiger charge is 2.48. The maximum absolute atomic E-state index is 8.57. The molecule has 15 heavy (non-hydrogen) atoms. The standard InChI is InChI=1S/C13H20N2/c1-12(2)7-11-8-13(3,9-12)10-15(11)6-4-5-14/h4,6,11H,7-10H2,1-3H3/b6-4+/t11-,13+/m1/s1. The van der Waals surface area contributed by atoms with E-state index in [2.05, 4.69) is 31.7 Å². The third-order valence-electron chi connectivity index (χ3n) is 3.80. The number of nitrogens with zero attached hydrogens (tertiary/aromatic N) is 2. The molecule has 1 heterocycles. The summed E-state index contributed by atoms with van der Waals surface area (Å²) in [4.78, 5) is 2.37. The van der Waals surface area contributed by atoms with E-state index >= 15 is 0 Å². The van der Waals surface area contributed by atoms with E-state index in [9.17, 15) is 0 Å². The monoisotopic (exact) mass is 204 g/mol. The van der Waals surface area contributed by atoms with E-state index < -0.39 is 0 Å². The molecule has 2 atom stereocenters. The molecule has 1 saturated heterocycles. The first-order valence-electron chi connectivity index (χ1n) is 5.76. The molecule has 0 radical (unpaired) electrons. The van der Waals surface area contributed by atoms with Crippen molar-refractivity contribution in [3.63, 3.8) is 0 Å². The number of hydrogen-bond acceptors (Lipinski definition) is 2. The molecule has 0 aromatic heterocycles. The van der Waals surface area contributed by atoms with Crippen LogP contribution in [-0.2, 0) is 0 Å². The molecule has 2 aliphatic rings. The quantitative estimate of drug-likeness (QED) is 0.614. The topological polar surface area (TPSA) is 27.0 Å². The van der Waals surface area contributed by atoms with Crippen LogP contribution in [0.4, 0.5) is 0 Å². The van der Waals surface area contributed by atoms with Crippen molar-refractivity contribution in [3.8, 4) is 6.07 Å². The van der Waals surface area contributed by atoms with Crippen molar-refractivity contribution in [1.29, 1.82) is 5.26 Å². The largest absolute Gasteiger partial charge is 0.373 e. The molecule has 0 unspecified atom stereocenters. The van der Waals surface area contributed by atoms with Crippen molar-refractivity contribution in [2.45, 2.75) is 46.1 Å². The summed E-state index contributed by atoms with van der Waals surface area (Å²) >= 11 is 0. The Kier molecular flexibility index (Phi) is 2.30. The summed E-state index contributed by atoms with van der Waals surface area (Å²) < 4.78 is 0. The molecule has 1 aliphatic carbocycles. The van der Waals surface area contributed by atoms with E-state index in [0.717, 1.165) is 6.54 Å². The Labute approximate surface area is 92.6 Å². The van der Waals surface area contributed by atoms with Crippen LogP contribution in [0.2, 0.25) is 0 Å². The normalized spacial score (nSPS) is 38.3. The number of likely N-dealkylation sites (tertiary alicyclic amines) is 1. The molecule has 2 bridgehead atoms. The molecule has 2 rings (SSSR count). The van der Waals surface area contributed by atoms with Gasteiger partial charge in [-0.1, -0.05) is 20.8 Å². The highest BCUT2D eigenvalue weighted by Crippen LogP contribution is 2.52. The van der Waals surface area contributed by atoms with Crippen molar-refractivity contribution in [1.82, 2.24) is 4.90 Å². The lowest BCUT2D eigenvalue weighted by molar-refractivity contribution is 0.131. The second-order valence-electron chi connectivity index (χ2n) is 6.33. The van der Waals surface area contributed by atoms with Gasteiger partial charge < -0.3 is 4.90 Å². The molecule has 0 spiro atoms. The first-order valence-corrected chi connectivity index (χ1v) is 5.76. The smallest absolute Gasteiger partial charge is 0.0927 e. The molecule has 0 aromatic rings. The lowest BCUT2D eigenvalue weighted by atomic mass is 9.65. The Balaban J connectivity index is 2.17. The van der Waals surface area contributed by atoms with Gasteiger partial charge in [0.1, 0.15) is 0 Å². The summed E-state index contributed by atoms with van der Waals surface area (Å²) in [7, 11) is 0. The summed E-state index contributed by atoms with van der Waals surface area (Å²) in [5.41, 5.74) is 0.930. The minimum Gasteiger partial charge on any atom is -0.373 e. The van der Waals surface area contributed by atoms with Crippen LogP contribution in [-0.4, -0.2) is 17.5 Å². The Morgan fingerprint density at radius 2 is 2.07 bits per heavy atom. The fraction of sp³-hybridized carbons (Fsp3) is 0.769. The van der Waals surface area contributed by atoms with Crippen molar-refractivity contribution in [3.05, 3.63) is 12.3 Å². The minimum atomic E-state index is 0.464. The van der Waals surface area contributed by atoms with Gasteiger partial charge in [-0.3, -0.25) is 0 Å². The van der Waals surface area contributed by atoms with Gasteiger partial charge in [-0.05, 0) is 30.1 Å². The zero-order valence-corrected chi connectivity index (χ0v) is 9.95. The molecule has 0 aromatic carbocycles. The van der Waals surface area contributed by atoms with Gasteiger partial charge in [-0.15, -0.1) is 0 Å². The third kappa shape index (κ3) is 2.02. The van der Waals surface area contributed by atoms with Crippen molar-refractivity contribution < 1.29 is 0 Å². The Bertz CT molecular complexity index is 324. The average molecular weight is 204 g/mol. The Morgan fingerprint density at radius 1 is 1.33 bits per heavy atom. The van der Waals surface area contributed by atoms with Crippen LogP contribution in [0, 0.1) is 22.2 Å². The van der Waals surface area contributed by atoms with Gasteiger partial charge in [0.15, 0.2) is 0 Å². The molecule has 0 amide bonds. The van der Waals surface area contributed by atoms with Crippen LogP contribution in [0.1, 0.15) is 40.0 Å². The van der Waals surface area contributed by atoms with Gasteiger partial charge in [0, 0.05) is 24.9 Å². The zero-order valence-electron chi connectivity index (χ0n) is 9.95. The lowest BCUT2D eigenvalue weighted by Crippen LogP contribution is -2.33. The minimum absolute atomic E-state index is 0.464. The summed E-state index contributed by atoms with van der Waals surface area (Å²) in [6.07, 6.45) is 7.46. The maximum Gasteiger partial charge on any atom is 0.0927 e. The summed E-state index contributed by atoms with van der Waals surface area (Å²) in [5, 5.41) is 8.57. The molecule has 0 N–H and O–H groups in total. The third-order valence-corrected chi connectivity index (χ3v) is 3.80. The van der Waals surface area contributed by atoms with E-state index in [-0.39, 0.29) is 0 Å². The van der Waals surface area contributed by atoms with Crippen LogP contribution < -0.4 is 0 Å². The second kappa shape index (κ2) is 3.27. The molecule has 1 aliphatic heterocycles. The lowest BCUT2D eigenvalue weighted by Gasteiger charge is -2.39. The number of hydrogen-bond donors (Lipinski definition) is 0. The fourth-order valence-corrected chi connectivity index (χ4v) is 3.81. The van der Waals surface area contributed by atoms with E-state index in [1.54, 1.807) is 6.08 Å². The van der Waals surface area contributed by atoms with Crippen molar-refractivity contribution >= 4 is 0 Å². The van der Waals surface area contributed by atoms with Gasteiger partial charge in [-0.25, -0.2) is 0 Å². The van der Waals surface area contributed by atoms with Crippen LogP contribution in [0.5, 0.6) is 0 Å². The van der Waals surface area contributed by atoms with Crippen LogP contribution in [0.25, 0.3) is 0 Å². The first kappa shape index (κ1) is 10.5. The molecule has 2 fully saturated rings. The maximum atomic E-state index is 8.57. The van der Waals surface area contributed by atoms with Gasteiger partial charge >= 0.3 is 0 Å². The van der Waals surface area contributed by atoms with Crippen molar-refractivity contribution in [2.24, 2.45) is 10.8 Å². The molecular formula is C13H20N2. The van der Waals surface area contributed by atoms with Crippen molar-refractivity contribution in [2.75, 3.05) is 6.54 Å². The highest BCUT2D eigenvalue weighted by atomic mass is 15.2. The summed E-state index contributed by atoms with van der Waals surface area (Å²) in [5.74, 6) is 0. The Morgan fingerprint density at radius 3 is 2.73 bits per heavy atom. The predicted molar refractivity (Wildman–Crippen MR) is 61.0 cm³/mol.